The molecule has 4 heteroatoms. The summed E-state index contributed by atoms with van der Waals surface area (Å²) in [6.45, 7) is 11.0. The highest BCUT2D eigenvalue weighted by Crippen LogP contribution is 2.18. The van der Waals surface area contributed by atoms with Crippen LogP contribution in [0.3, 0.4) is 0 Å². The van der Waals surface area contributed by atoms with Crippen molar-refractivity contribution in [3.8, 4) is 5.88 Å². The van der Waals surface area contributed by atoms with E-state index in [0.717, 1.165) is 25.2 Å². The molecule has 0 aliphatic carbocycles. The van der Waals surface area contributed by atoms with Gasteiger partial charge in [0.2, 0.25) is 5.88 Å². The lowest BCUT2D eigenvalue weighted by molar-refractivity contribution is 0.234. The highest BCUT2D eigenvalue weighted by molar-refractivity contribution is 5.11. The summed E-state index contributed by atoms with van der Waals surface area (Å²) >= 11 is 0. The highest BCUT2D eigenvalue weighted by Gasteiger charge is 2.10. The van der Waals surface area contributed by atoms with E-state index in [1.165, 1.54) is 0 Å². The molecule has 0 saturated heterocycles. The van der Waals surface area contributed by atoms with Gasteiger partial charge in [0.1, 0.15) is 0 Å². The molecule has 0 aromatic carbocycles. The van der Waals surface area contributed by atoms with Crippen LogP contribution in [0.15, 0.2) is 12.1 Å². The molecule has 1 aromatic rings. The standard InChI is InChI=1S/C13H23N3O/c1-5-14-10-11-6-7-12(16-15-11)17-9-8-13(2,3)4/h6-7,14H,5,8-10H2,1-4H3. The number of hydrogen-bond acceptors (Lipinski definition) is 4. The lowest BCUT2D eigenvalue weighted by Gasteiger charge is -2.17. The van der Waals surface area contributed by atoms with Crippen molar-refractivity contribution in [3.05, 3.63) is 17.8 Å². The Bertz CT molecular complexity index is 316. The smallest absolute Gasteiger partial charge is 0.233 e. The van der Waals surface area contributed by atoms with Gasteiger partial charge in [-0.15, -0.1) is 5.10 Å². The summed E-state index contributed by atoms with van der Waals surface area (Å²) in [6.07, 6.45) is 1.01. The topological polar surface area (TPSA) is 47.0 Å². The number of rotatable bonds is 6. The van der Waals surface area contributed by atoms with Crippen LogP contribution >= 0.6 is 0 Å². The molecule has 0 atom stereocenters. The molecule has 17 heavy (non-hydrogen) atoms. The van der Waals surface area contributed by atoms with Crippen molar-refractivity contribution in [2.24, 2.45) is 5.41 Å². The minimum Gasteiger partial charge on any atom is -0.477 e. The molecule has 0 spiro atoms. The van der Waals surface area contributed by atoms with Gasteiger partial charge in [-0.25, -0.2) is 0 Å². The summed E-state index contributed by atoms with van der Waals surface area (Å²) < 4.78 is 5.55. The Balaban J connectivity index is 2.35. The van der Waals surface area contributed by atoms with Crippen molar-refractivity contribution < 1.29 is 4.74 Å². The zero-order chi connectivity index (χ0) is 12.7. The largest absolute Gasteiger partial charge is 0.477 e. The van der Waals surface area contributed by atoms with Gasteiger partial charge in [-0.3, -0.25) is 0 Å². The highest BCUT2D eigenvalue weighted by atomic mass is 16.5. The summed E-state index contributed by atoms with van der Waals surface area (Å²) in [7, 11) is 0. The van der Waals surface area contributed by atoms with Gasteiger partial charge in [0.05, 0.1) is 12.3 Å². The Kier molecular flexibility index (Phi) is 5.35. The van der Waals surface area contributed by atoms with Crippen LogP contribution in [-0.2, 0) is 6.54 Å². The molecule has 1 N–H and O–H groups in total. The predicted octanol–water partition coefficient (Wildman–Crippen LogP) is 2.40. The molecule has 0 saturated carbocycles. The van der Waals surface area contributed by atoms with Crippen LogP contribution in [0.1, 0.15) is 39.8 Å². The maximum absolute atomic E-state index is 5.55. The number of nitrogens with one attached hydrogen (secondary N) is 1. The van der Waals surface area contributed by atoms with E-state index in [9.17, 15) is 0 Å². The van der Waals surface area contributed by atoms with Crippen molar-refractivity contribution in [2.45, 2.75) is 40.7 Å². The van der Waals surface area contributed by atoms with Gasteiger partial charge in [0.15, 0.2) is 0 Å². The van der Waals surface area contributed by atoms with Gasteiger partial charge in [-0.1, -0.05) is 27.7 Å². The van der Waals surface area contributed by atoms with E-state index in [-0.39, 0.29) is 0 Å². The first-order valence-corrected chi connectivity index (χ1v) is 6.17. The fourth-order valence-corrected chi connectivity index (χ4v) is 1.23. The molecular weight excluding hydrogens is 214 g/mol. The third kappa shape index (κ3) is 6.22. The van der Waals surface area contributed by atoms with Crippen LogP contribution in [0, 0.1) is 5.41 Å². The molecule has 0 aliphatic heterocycles. The number of nitrogens with zero attached hydrogens (tertiary/aromatic N) is 2. The monoisotopic (exact) mass is 237 g/mol. The lowest BCUT2D eigenvalue weighted by atomic mass is 9.93. The second-order valence-electron chi connectivity index (χ2n) is 5.30. The van der Waals surface area contributed by atoms with E-state index < -0.39 is 0 Å². The van der Waals surface area contributed by atoms with Crippen LogP contribution in [-0.4, -0.2) is 23.3 Å². The molecule has 0 aliphatic rings. The zero-order valence-corrected chi connectivity index (χ0v) is 11.3. The molecule has 1 aromatic heterocycles. The average Bonchev–Trinajstić information content (AvgIpc) is 2.26. The van der Waals surface area contributed by atoms with Crippen molar-refractivity contribution in [2.75, 3.05) is 13.2 Å². The first-order valence-electron chi connectivity index (χ1n) is 6.17. The third-order valence-electron chi connectivity index (χ3n) is 2.35. The maximum atomic E-state index is 5.55. The first-order chi connectivity index (χ1) is 8.01. The number of aromatic nitrogens is 2. The summed E-state index contributed by atoms with van der Waals surface area (Å²) in [5.74, 6) is 0.606. The Labute approximate surface area is 104 Å². The van der Waals surface area contributed by atoms with Crippen molar-refractivity contribution in [1.82, 2.24) is 15.5 Å². The fraction of sp³-hybridized carbons (Fsp3) is 0.692. The average molecular weight is 237 g/mol. The zero-order valence-electron chi connectivity index (χ0n) is 11.3. The second-order valence-corrected chi connectivity index (χ2v) is 5.30. The van der Waals surface area contributed by atoms with Gasteiger partial charge in [0, 0.05) is 12.6 Å². The molecule has 4 nitrogen and oxygen atoms in total. The lowest BCUT2D eigenvalue weighted by Crippen LogP contribution is -2.14. The molecule has 1 rings (SSSR count). The van der Waals surface area contributed by atoms with Crippen LogP contribution in [0.2, 0.25) is 0 Å². The normalized spacial score (nSPS) is 11.5. The SMILES string of the molecule is CCNCc1ccc(OCCC(C)(C)C)nn1. The Morgan fingerprint density at radius 2 is 2.00 bits per heavy atom. The molecule has 0 bridgehead atoms. The summed E-state index contributed by atoms with van der Waals surface area (Å²) in [5, 5.41) is 11.3. The van der Waals surface area contributed by atoms with Crippen molar-refractivity contribution in [3.63, 3.8) is 0 Å². The molecule has 96 valence electrons. The van der Waals surface area contributed by atoms with Gasteiger partial charge in [-0.2, -0.15) is 5.10 Å². The van der Waals surface area contributed by atoms with Gasteiger partial charge in [0.25, 0.3) is 0 Å². The van der Waals surface area contributed by atoms with Crippen molar-refractivity contribution >= 4 is 0 Å². The summed E-state index contributed by atoms with van der Waals surface area (Å²) in [4.78, 5) is 0. The quantitative estimate of drug-likeness (QED) is 0.825. The molecule has 1 heterocycles. The number of hydrogen-bond donors (Lipinski definition) is 1. The molecule has 0 fully saturated rings. The molecule has 0 unspecified atom stereocenters. The van der Waals surface area contributed by atoms with E-state index in [0.29, 0.717) is 17.9 Å². The summed E-state index contributed by atoms with van der Waals surface area (Å²) in [5.41, 5.74) is 1.23. The molecular formula is C13H23N3O. The minimum atomic E-state index is 0.290. The van der Waals surface area contributed by atoms with Crippen LogP contribution < -0.4 is 10.1 Å². The number of ether oxygens (including phenoxy) is 1. The van der Waals surface area contributed by atoms with Gasteiger partial charge >= 0.3 is 0 Å². The predicted molar refractivity (Wildman–Crippen MR) is 69.0 cm³/mol. The first kappa shape index (κ1) is 13.9. The van der Waals surface area contributed by atoms with E-state index in [2.05, 4.69) is 43.2 Å². The minimum absolute atomic E-state index is 0.290. The Morgan fingerprint density at radius 1 is 1.24 bits per heavy atom. The van der Waals surface area contributed by atoms with Crippen LogP contribution in [0.25, 0.3) is 0 Å². The maximum Gasteiger partial charge on any atom is 0.233 e. The van der Waals surface area contributed by atoms with E-state index in [1.807, 2.05) is 12.1 Å². The molecule has 0 radical (unpaired) electrons. The molecule has 0 amide bonds. The second kappa shape index (κ2) is 6.55. The summed E-state index contributed by atoms with van der Waals surface area (Å²) in [6, 6.07) is 3.82. The van der Waals surface area contributed by atoms with Crippen LogP contribution in [0.4, 0.5) is 0 Å². The van der Waals surface area contributed by atoms with E-state index in [4.69, 9.17) is 4.74 Å². The Morgan fingerprint density at radius 3 is 2.53 bits per heavy atom. The third-order valence-corrected chi connectivity index (χ3v) is 2.35. The van der Waals surface area contributed by atoms with Gasteiger partial charge < -0.3 is 10.1 Å². The van der Waals surface area contributed by atoms with E-state index in [1.54, 1.807) is 0 Å². The Hall–Kier alpha value is -1.16. The van der Waals surface area contributed by atoms with E-state index >= 15 is 0 Å². The van der Waals surface area contributed by atoms with Crippen LogP contribution in [0.5, 0.6) is 5.88 Å². The van der Waals surface area contributed by atoms with Crippen molar-refractivity contribution in [1.29, 1.82) is 0 Å². The van der Waals surface area contributed by atoms with Gasteiger partial charge in [-0.05, 0) is 24.4 Å². The fourth-order valence-electron chi connectivity index (χ4n) is 1.23.